The summed E-state index contributed by atoms with van der Waals surface area (Å²) in [6.45, 7) is 1.60. The quantitative estimate of drug-likeness (QED) is 0.294. The van der Waals surface area contributed by atoms with Gasteiger partial charge < -0.3 is 9.64 Å². The molecule has 32 heavy (non-hydrogen) atoms. The average Bonchev–Trinajstić information content (AvgIpc) is 3.32. The minimum atomic E-state index is -0.582. The highest BCUT2D eigenvalue weighted by Crippen LogP contribution is 2.24. The molecule has 0 fully saturated rings. The van der Waals surface area contributed by atoms with E-state index in [-0.39, 0.29) is 13.0 Å². The van der Waals surface area contributed by atoms with Crippen molar-refractivity contribution in [3.63, 3.8) is 0 Å². The van der Waals surface area contributed by atoms with Crippen LogP contribution in [0.3, 0.4) is 0 Å². The molecule has 2 aromatic carbocycles. The molecule has 0 atom stereocenters. The molecule has 164 valence electrons. The van der Waals surface area contributed by atoms with E-state index in [2.05, 4.69) is 4.98 Å². The predicted molar refractivity (Wildman–Crippen MR) is 127 cm³/mol. The minimum absolute atomic E-state index is 0.154. The van der Waals surface area contributed by atoms with E-state index in [1.165, 1.54) is 4.90 Å². The van der Waals surface area contributed by atoms with Gasteiger partial charge in [0.1, 0.15) is 0 Å². The zero-order chi connectivity index (χ0) is 22.9. The van der Waals surface area contributed by atoms with Gasteiger partial charge in [0.15, 0.2) is 6.61 Å². The Kier molecular flexibility index (Phi) is 8.68. The summed E-state index contributed by atoms with van der Waals surface area (Å²) >= 11 is 9.25. The first kappa shape index (κ1) is 23.8. The van der Waals surface area contributed by atoms with E-state index < -0.39 is 18.5 Å². The monoisotopic (exact) mass is 485 g/mol. The molecule has 0 spiro atoms. The van der Waals surface area contributed by atoms with Gasteiger partial charge in [-0.1, -0.05) is 11.6 Å². The van der Waals surface area contributed by atoms with Crippen molar-refractivity contribution in [2.45, 2.75) is 24.0 Å². The highest BCUT2D eigenvalue weighted by Gasteiger charge is 2.19. The molecule has 0 N–H and O–H groups in total. The van der Waals surface area contributed by atoms with Crippen molar-refractivity contribution in [3.05, 3.63) is 75.2 Å². The fourth-order valence-corrected chi connectivity index (χ4v) is 4.38. The second-order valence-corrected chi connectivity index (χ2v) is 8.93. The maximum absolute atomic E-state index is 12.7. The summed E-state index contributed by atoms with van der Waals surface area (Å²) in [5.41, 5.74) is 4.58. The summed E-state index contributed by atoms with van der Waals surface area (Å²) in [7, 11) is 0. The summed E-state index contributed by atoms with van der Waals surface area (Å²) in [6.07, 6.45) is 0.154. The number of amides is 1. The zero-order valence-electron chi connectivity index (χ0n) is 17.3. The van der Waals surface area contributed by atoms with E-state index in [0.29, 0.717) is 16.3 Å². The summed E-state index contributed by atoms with van der Waals surface area (Å²) in [5, 5.41) is 11.5. The number of anilines is 1. The molecule has 0 saturated heterocycles. The van der Waals surface area contributed by atoms with Crippen LogP contribution in [0.2, 0.25) is 5.02 Å². The average molecular weight is 486 g/mol. The molecule has 9 heteroatoms. The molecule has 0 aliphatic heterocycles. The van der Waals surface area contributed by atoms with Crippen molar-refractivity contribution in [2.75, 3.05) is 18.1 Å². The van der Waals surface area contributed by atoms with Crippen LogP contribution < -0.4 is 4.90 Å². The number of thioether (sulfide) groups is 1. The number of hydrogen-bond acceptors (Lipinski definition) is 7. The summed E-state index contributed by atoms with van der Waals surface area (Å²) in [5.74, 6) is -0.238. The maximum Gasteiger partial charge on any atom is 0.338 e. The molecule has 6 nitrogen and oxygen atoms in total. The fourth-order valence-electron chi connectivity index (χ4n) is 2.80. The van der Waals surface area contributed by atoms with E-state index in [4.69, 9.17) is 21.6 Å². The number of aryl methyl sites for hydroxylation is 1. The normalized spacial score (nSPS) is 10.4. The van der Waals surface area contributed by atoms with Gasteiger partial charge in [0.25, 0.3) is 5.91 Å². The largest absolute Gasteiger partial charge is 0.452 e. The van der Waals surface area contributed by atoms with Gasteiger partial charge in [-0.25, -0.2) is 9.78 Å². The molecule has 0 radical (unpaired) electrons. The van der Waals surface area contributed by atoms with Crippen molar-refractivity contribution < 1.29 is 14.3 Å². The Balaban J connectivity index is 1.58. The number of ether oxygens (including phenoxy) is 1. The lowest BCUT2D eigenvalue weighted by molar-refractivity contribution is -0.121. The first-order valence-electron chi connectivity index (χ1n) is 9.68. The lowest BCUT2D eigenvalue weighted by Gasteiger charge is -2.22. The van der Waals surface area contributed by atoms with Crippen molar-refractivity contribution >= 4 is 52.3 Å². The Labute approximate surface area is 199 Å². The van der Waals surface area contributed by atoms with E-state index >= 15 is 0 Å². The Morgan fingerprint density at radius 1 is 1.25 bits per heavy atom. The van der Waals surface area contributed by atoms with Crippen molar-refractivity contribution in [2.24, 2.45) is 0 Å². The van der Waals surface area contributed by atoms with Crippen molar-refractivity contribution in [1.29, 1.82) is 5.26 Å². The van der Waals surface area contributed by atoms with Crippen LogP contribution >= 0.6 is 34.7 Å². The molecule has 1 heterocycles. The summed E-state index contributed by atoms with van der Waals surface area (Å²) in [4.78, 5) is 31.8. The second kappa shape index (κ2) is 11.7. The number of halogens is 1. The molecule has 3 aromatic rings. The molecule has 0 unspecified atom stereocenters. The number of carbonyl (C=O) groups is 2. The number of esters is 1. The van der Waals surface area contributed by atoms with Crippen LogP contribution in [-0.4, -0.2) is 30.0 Å². The van der Waals surface area contributed by atoms with Crippen LogP contribution in [0, 0.1) is 18.3 Å². The Morgan fingerprint density at radius 3 is 2.69 bits per heavy atom. The number of carbonyl (C=O) groups excluding carboxylic acids is 2. The van der Waals surface area contributed by atoms with E-state index in [9.17, 15) is 9.59 Å². The molecular formula is C23H20ClN3O3S2. The maximum atomic E-state index is 12.7. The minimum Gasteiger partial charge on any atom is -0.452 e. The molecule has 1 amide bonds. The first-order valence-corrected chi connectivity index (χ1v) is 12.0. The smallest absolute Gasteiger partial charge is 0.338 e. The van der Waals surface area contributed by atoms with Gasteiger partial charge in [0.05, 0.1) is 29.3 Å². The lowest BCUT2D eigenvalue weighted by atomic mass is 10.2. The first-order chi connectivity index (χ1) is 15.5. The zero-order valence-corrected chi connectivity index (χ0v) is 19.7. The number of aromatic nitrogens is 1. The third-order valence-electron chi connectivity index (χ3n) is 4.49. The molecule has 1 aromatic heterocycles. The van der Waals surface area contributed by atoms with E-state index in [0.717, 1.165) is 21.9 Å². The van der Waals surface area contributed by atoms with E-state index in [1.54, 1.807) is 58.9 Å². The Hall–Kier alpha value is -2.86. The molecule has 0 aliphatic carbocycles. The van der Waals surface area contributed by atoms with Crippen LogP contribution in [0.15, 0.2) is 58.3 Å². The SMILES string of the molecule is Cc1cc(N(CCC#N)C(=O)COC(=O)c2ccc(SCc3cscn3)cc2)ccc1Cl. The van der Waals surface area contributed by atoms with Gasteiger partial charge in [0, 0.05) is 33.3 Å². The fraction of sp³-hybridized carbons (Fsp3) is 0.217. The summed E-state index contributed by atoms with van der Waals surface area (Å²) < 4.78 is 5.23. The number of benzene rings is 2. The van der Waals surface area contributed by atoms with Crippen LogP contribution in [0.1, 0.15) is 28.0 Å². The second-order valence-electron chi connectivity index (χ2n) is 6.76. The van der Waals surface area contributed by atoms with Crippen LogP contribution in [0.5, 0.6) is 0 Å². The van der Waals surface area contributed by atoms with Crippen LogP contribution in [-0.2, 0) is 15.3 Å². The third-order valence-corrected chi connectivity index (χ3v) is 6.59. The number of rotatable bonds is 9. The van der Waals surface area contributed by atoms with Crippen LogP contribution in [0.4, 0.5) is 5.69 Å². The van der Waals surface area contributed by atoms with E-state index in [1.807, 2.05) is 30.5 Å². The highest BCUT2D eigenvalue weighted by atomic mass is 35.5. The van der Waals surface area contributed by atoms with Gasteiger partial charge >= 0.3 is 5.97 Å². The standard InChI is InChI=1S/C23H20ClN3O3S2/c1-16-11-19(5-8-21(16)24)27(10-2-9-25)22(28)12-30-23(29)17-3-6-20(7-4-17)32-14-18-13-31-15-26-18/h3-8,11,13,15H,2,10,12,14H2,1H3. The van der Waals surface area contributed by atoms with Crippen LogP contribution in [0.25, 0.3) is 0 Å². The predicted octanol–water partition coefficient (Wildman–Crippen LogP) is 5.50. The molecule has 0 bridgehead atoms. The Bertz CT molecular complexity index is 1110. The Morgan fingerprint density at radius 2 is 2.03 bits per heavy atom. The van der Waals surface area contributed by atoms with Gasteiger partial charge in [0.2, 0.25) is 0 Å². The number of hydrogen-bond donors (Lipinski definition) is 0. The van der Waals surface area contributed by atoms with Crippen molar-refractivity contribution in [3.8, 4) is 6.07 Å². The topological polar surface area (TPSA) is 83.3 Å². The molecule has 0 saturated carbocycles. The van der Waals surface area contributed by atoms with Gasteiger partial charge in [-0.05, 0) is 55.0 Å². The van der Waals surface area contributed by atoms with Gasteiger partial charge in [-0.2, -0.15) is 5.26 Å². The lowest BCUT2D eigenvalue weighted by Crippen LogP contribution is -2.35. The molecular weight excluding hydrogens is 466 g/mol. The third kappa shape index (κ3) is 6.57. The number of nitrogens with zero attached hydrogens (tertiary/aromatic N) is 3. The molecule has 3 rings (SSSR count). The highest BCUT2D eigenvalue weighted by molar-refractivity contribution is 7.98. The van der Waals surface area contributed by atoms with Gasteiger partial charge in [-0.15, -0.1) is 23.1 Å². The summed E-state index contributed by atoms with van der Waals surface area (Å²) in [6, 6.07) is 14.2. The number of nitriles is 1. The molecule has 0 aliphatic rings. The number of thiazole rings is 1. The van der Waals surface area contributed by atoms with Gasteiger partial charge in [-0.3, -0.25) is 4.79 Å². The van der Waals surface area contributed by atoms with Crippen molar-refractivity contribution in [1.82, 2.24) is 4.98 Å².